The second kappa shape index (κ2) is 4.47. The Balaban J connectivity index is 2.19. The van der Waals surface area contributed by atoms with Crippen molar-refractivity contribution >= 4 is 0 Å². The molecule has 10 heavy (non-hydrogen) atoms. The highest BCUT2D eigenvalue weighted by molar-refractivity contribution is 4.91. The molecule has 0 aromatic heterocycles. The Hall–Kier alpha value is -0.340. The summed E-state index contributed by atoms with van der Waals surface area (Å²) in [4.78, 5) is 0. The largest absolute Gasteiger partial charge is 0.327 e. The molecule has 0 aromatic rings. The van der Waals surface area contributed by atoms with E-state index in [1.54, 1.807) is 0 Å². The third kappa shape index (κ3) is 2.50. The quantitative estimate of drug-likeness (QED) is 0.548. The Bertz CT molecular complexity index is 104. The predicted molar refractivity (Wildman–Crippen MR) is 43.8 cm³/mol. The molecule has 0 radical (unpaired) electrons. The molecule has 0 unspecified atom stereocenters. The lowest BCUT2D eigenvalue weighted by molar-refractivity contribution is 0.436. The summed E-state index contributed by atoms with van der Waals surface area (Å²) >= 11 is 0. The van der Waals surface area contributed by atoms with Crippen LogP contribution in [0.3, 0.4) is 0 Å². The van der Waals surface area contributed by atoms with E-state index in [1.165, 1.54) is 25.9 Å². The van der Waals surface area contributed by atoms with Gasteiger partial charge in [0.25, 0.3) is 0 Å². The molecule has 1 heterocycles. The maximum Gasteiger partial charge on any atom is 0.0106 e. The SMILES string of the molecule is NCC=CC1CCNCC1. The molecule has 0 saturated carbocycles. The maximum absolute atomic E-state index is 5.34. The first-order valence-electron chi connectivity index (χ1n) is 4.01. The van der Waals surface area contributed by atoms with Crippen LogP contribution < -0.4 is 11.1 Å². The van der Waals surface area contributed by atoms with Crippen molar-refractivity contribution in [3.05, 3.63) is 12.2 Å². The molecule has 0 atom stereocenters. The number of nitrogens with two attached hydrogens (primary N) is 1. The zero-order valence-corrected chi connectivity index (χ0v) is 6.34. The zero-order valence-electron chi connectivity index (χ0n) is 6.34. The summed E-state index contributed by atoms with van der Waals surface area (Å²) < 4.78 is 0. The van der Waals surface area contributed by atoms with Gasteiger partial charge < -0.3 is 11.1 Å². The molecule has 1 saturated heterocycles. The summed E-state index contributed by atoms with van der Waals surface area (Å²) in [6, 6.07) is 0. The lowest BCUT2D eigenvalue weighted by Gasteiger charge is -2.18. The molecule has 0 aromatic carbocycles. The van der Waals surface area contributed by atoms with Crippen LogP contribution in [0.25, 0.3) is 0 Å². The predicted octanol–water partition coefficient (Wildman–Crippen LogP) is 0.501. The summed E-state index contributed by atoms with van der Waals surface area (Å²) in [6.07, 6.45) is 6.86. The minimum Gasteiger partial charge on any atom is -0.327 e. The second-order valence-electron chi connectivity index (χ2n) is 2.75. The molecule has 1 aliphatic rings. The van der Waals surface area contributed by atoms with Gasteiger partial charge in [0.1, 0.15) is 0 Å². The summed E-state index contributed by atoms with van der Waals surface area (Å²) in [5, 5.41) is 3.33. The maximum atomic E-state index is 5.34. The lowest BCUT2D eigenvalue weighted by Crippen LogP contribution is -2.26. The summed E-state index contributed by atoms with van der Waals surface area (Å²) in [6.45, 7) is 3.02. The fourth-order valence-corrected chi connectivity index (χ4v) is 1.31. The Morgan fingerprint density at radius 1 is 1.40 bits per heavy atom. The van der Waals surface area contributed by atoms with Gasteiger partial charge in [0, 0.05) is 6.54 Å². The fraction of sp³-hybridized carbons (Fsp3) is 0.750. The van der Waals surface area contributed by atoms with Gasteiger partial charge in [-0.05, 0) is 31.8 Å². The molecule has 1 fully saturated rings. The number of hydrogen-bond donors (Lipinski definition) is 2. The van der Waals surface area contributed by atoms with Crippen molar-refractivity contribution in [3.8, 4) is 0 Å². The molecule has 0 bridgehead atoms. The van der Waals surface area contributed by atoms with Crippen molar-refractivity contribution in [2.75, 3.05) is 19.6 Å². The molecule has 2 nitrogen and oxygen atoms in total. The molecule has 1 aliphatic heterocycles. The Morgan fingerprint density at radius 2 is 2.10 bits per heavy atom. The first-order valence-corrected chi connectivity index (χ1v) is 4.01. The van der Waals surface area contributed by atoms with E-state index in [0.717, 1.165) is 5.92 Å². The highest BCUT2D eigenvalue weighted by Crippen LogP contribution is 2.11. The molecular formula is C8H16N2. The second-order valence-corrected chi connectivity index (χ2v) is 2.75. The van der Waals surface area contributed by atoms with Crippen molar-refractivity contribution in [1.82, 2.24) is 5.32 Å². The smallest absolute Gasteiger partial charge is 0.0106 e. The molecule has 2 heteroatoms. The Kier molecular flexibility index (Phi) is 3.47. The van der Waals surface area contributed by atoms with Gasteiger partial charge in [-0.2, -0.15) is 0 Å². The summed E-state index contributed by atoms with van der Waals surface area (Å²) in [5.74, 6) is 0.782. The van der Waals surface area contributed by atoms with Crippen LogP contribution in [0.2, 0.25) is 0 Å². The average Bonchev–Trinajstić information content (AvgIpc) is 2.03. The van der Waals surface area contributed by atoms with Crippen molar-refractivity contribution in [3.63, 3.8) is 0 Å². The van der Waals surface area contributed by atoms with E-state index in [1.807, 2.05) is 0 Å². The van der Waals surface area contributed by atoms with Crippen LogP contribution in [0.1, 0.15) is 12.8 Å². The molecule has 0 aliphatic carbocycles. The van der Waals surface area contributed by atoms with Crippen LogP contribution in [0.5, 0.6) is 0 Å². The molecule has 0 spiro atoms. The highest BCUT2D eigenvalue weighted by atomic mass is 14.9. The Morgan fingerprint density at radius 3 is 2.70 bits per heavy atom. The third-order valence-corrected chi connectivity index (χ3v) is 1.93. The first-order chi connectivity index (χ1) is 4.93. The molecular weight excluding hydrogens is 124 g/mol. The van der Waals surface area contributed by atoms with Gasteiger partial charge in [-0.3, -0.25) is 0 Å². The monoisotopic (exact) mass is 140 g/mol. The van der Waals surface area contributed by atoms with E-state index in [2.05, 4.69) is 17.5 Å². The molecule has 1 rings (SSSR count). The minimum absolute atomic E-state index is 0.684. The number of rotatable bonds is 2. The van der Waals surface area contributed by atoms with Gasteiger partial charge >= 0.3 is 0 Å². The zero-order chi connectivity index (χ0) is 7.23. The molecule has 3 N–H and O–H groups in total. The van der Waals surface area contributed by atoms with E-state index in [4.69, 9.17) is 5.73 Å². The van der Waals surface area contributed by atoms with E-state index < -0.39 is 0 Å². The van der Waals surface area contributed by atoms with E-state index in [-0.39, 0.29) is 0 Å². The number of piperidine rings is 1. The summed E-state index contributed by atoms with van der Waals surface area (Å²) in [5.41, 5.74) is 5.34. The van der Waals surface area contributed by atoms with Crippen molar-refractivity contribution in [2.24, 2.45) is 11.7 Å². The third-order valence-electron chi connectivity index (χ3n) is 1.93. The van der Waals surface area contributed by atoms with E-state index >= 15 is 0 Å². The number of allylic oxidation sites excluding steroid dienone is 1. The topological polar surface area (TPSA) is 38.0 Å². The van der Waals surface area contributed by atoms with E-state index in [9.17, 15) is 0 Å². The van der Waals surface area contributed by atoms with Crippen LogP contribution in [0.4, 0.5) is 0 Å². The van der Waals surface area contributed by atoms with E-state index in [0.29, 0.717) is 6.54 Å². The van der Waals surface area contributed by atoms with Crippen LogP contribution in [0, 0.1) is 5.92 Å². The number of nitrogens with one attached hydrogen (secondary N) is 1. The Labute approximate surface area is 62.5 Å². The van der Waals surface area contributed by atoms with Gasteiger partial charge in [-0.25, -0.2) is 0 Å². The molecule has 0 amide bonds. The van der Waals surface area contributed by atoms with Crippen LogP contribution in [0.15, 0.2) is 12.2 Å². The van der Waals surface area contributed by atoms with Crippen LogP contribution in [-0.4, -0.2) is 19.6 Å². The van der Waals surface area contributed by atoms with Crippen molar-refractivity contribution in [1.29, 1.82) is 0 Å². The summed E-state index contributed by atoms with van der Waals surface area (Å²) in [7, 11) is 0. The van der Waals surface area contributed by atoms with Crippen molar-refractivity contribution < 1.29 is 0 Å². The standard InChI is InChI=1S/C8H16N2/c9-5-1-2-8-3-6-10-7-4-8/h1-2,8,10H,3-7,9H2. The first kappa shape index (κ1) is 7.76. The molecule has 58 valence electrons. The number of hydrogen-bond acceptors (Lipinski definition) is 2. The lowest BCUT2D eigenvalue weighted by atomic mass is 9.98. The van der Waals surface area contributed by atoms with Crippen molar-refractivity contribution in [2.45, 2.75) is 12.8 Å². The van der Waals surface area contributed by atoms with Gasteiger partial charge in [0.2, 0.25) is 0 Å². The van der Waals surface area contributed by atoms with Gasteiger partial charge in [0.05, 0.1) is 0 Å². The van der Waals surface area contributed by atoms with Gasteiger partial charge in [-0.1, -0.05) is 12.2 Å². The highest BCUT2D eigenvalue weighted by Gasteiger charge is 2.07. The van der Waals surface area contributed by atoms with Crippen LogP contribution >= 0.6 is 0 Å². The van der Waals surface area contributed by atoms with Gasteiger partial charge in [0.15, 0.2) is 0 Å². The fourth-order valence-electron chi connectivity index (χ4n) is 1.31. The average molecular weight is 140 g/mol. The minimum atomic E-state index is 0.684. The van der Waals surface area contributed by atoms with Gasteiger partial charge in [-0.15, -0.1) is 0 Å². The van der Waals surface area contributed by atoms with Crippen LogP contribution in [-0.2, 0) is 0 Å². The normalized spacial score (nSPS) is 22.1.